The molecule has 0 radical (unpaired) electrons. The van der Waals surface area contributed by atoms with Gasteiger partial charge < -0.3 is 10.6 Å². The maximum Gasteiger partial charge on any atom is 0.451 e. The number of anilines is 2. The number of urea groups is 1. The van der Waals surface area contributed by atoms with Crippen LogP contribution in [0.25, 0.3) is 11.3 Å². The van der Waals surface area contributed by atoms with E-state index in [0.717, 1.165) is 12.4 Å². The van der Waals surface area contributed by atoms with Crippen LogP contribution < -0.4 is 11.1 Å². The van der Waals surface area contributed by atoms with Crippen LogP contribution in [0.1, 0.15) is 11.4 Å². The second-order valence-electron chi connectivity index (χ2n) is 7.46. The van der Waals surface area contributed by atoms with Crippen LogP contribution in [0.4, 0.5) is 33.9 Å². The summed E-state index contributed by atoms with van der Waals surface area (Å²) in [6.07, 6.45) is -1.80. The number of halogens is 4. The average molecular weight is 446 g/mol. The molecule has 1 aromatic carbocycles. The van der Waals surface area contributed by atoms with Crippen LogP contribution in [0.5, 0.6) is 0 Å². The highest BCUT2D eigenvalue weighted by molar-refractivity contribution is 5.92. The van der Waals surface area contributed by atoms with Crippen LogP contribution in [0.3, 0.4) is 0 Å². The van der Waals surface area contributed by atoms with E-state index >= 15 is 0 Å². The summed E-state index contributed by atoms with van der Waals surface area (Å²) in [5.41, 5.74) is 7.97. The van der Waals surface area contributed by atoms with Crippen molar-refractivity contribution in [3.8, 4) is 11.3 Å². The second kappa shape index (κ2) is 8.40. The molecule has 2 aromatic heterocycles. The summed E-state index contributed by atoms with van der Waals surface area (Å²) in [4.78, 5) is 25.1. The SMILES string of the molecule is Nc1ccc(-c2ccc(F)cc2)nc1NC(=O)N1CC(Cc2cnc(C(F)(F)F)nc2)C1. The number of rotatable bonds is 4. The van der Waals surface area contributed by atoms with E-state index in [9.17, 15) is 22.4 Å². The third-order valence-electron chi connectivity index (χ3n) is 5.02. The molecule has 0 saturated carbocycles. The number of aromatic nitrogens is 3. The molecule has 1 aliphatic rings. The summed E-state index contributed by atoms with van der Waals surface area (Å²) in [7, 11) is 0. The lowest BCUT2D eigenvalue weighted by Gasteiger charge is -2.39. The van der Waals surface area contributed by atoms with Crippen molar-refractivity contribution in [2.24, 2.45) is 5.92 Å². The van der Waals surface area contributed by atoms with Crippen molar-refractivity contribution in [3.05, 3.63) is 66.0 Å². The molecule has 3 N–H and O–H groups in total. The Bertz CT molecular complexity index is 1110. The molecule has 3 heterocycles. The van der Waals surface area contributed by atoms with Gasteiger partial charge >= 0.3 is 12.2 Å². The molecule has 7 nitrogen and oxygen atoms in total. The van der Waals surface area contributed by atoms with E-state index in [-0.39, 0.29) is 29.3 Å². The van der Waals surface area contributed by atoms with E-state index in [0.29, 0.717) is 36.3 Å². The van der Waals surface area contributed by atoms with Crippen LogP contribution in [-0.2, 0) is 12.6 Å². The monoisotopic (exact) mass is 446 g/mol. The minimum absolute atomic E-state index is 0.0805. The summed E-state index contributed by atoms with van der Waals surface area (Å²) < 4.78 is 50.7. The molecule has 0 atom stereocenters. The lowest BCUT2D eigenvalue weighted by molar-refractivity contribution is -0.145. The molecule has 3 aromatic rings. The van der Waals surface area contributed by atoms with Gasteiger partial charge in [-0.25, -0.2) is 24.1 Å². The Labute approximate surface area is 180 Å². The molecule has 0 spiro atoms. The van der Waals surface area contributed by atoms with Crippen LogP contribution >= 0.6 is 0 Å². The molecule has 32 heavy (non-hydrogen) atoms. The fourth-order valence-electron chi connectivity index (χ4n) is 3.34. The Hall–Kier alpha value is -3.76. The fraction of sp³-hybridized carbons (Fsp3) is 0.238. The molecule has 4 rings (SSSR count). The van der Waals surface area contributed by atoms with Gasteiger partial charge in [0, 0.05) is 31.0 Å². The van der Waals surface area contributed by atoms with Crippen molar-refractivity contribution in [2.75, 3.05) is 24.1 Å². The highest BCUT2D eigenvalue weighted by Crippen LogP contribution is 2.27. The summed E-state index contributed by atoms with van der Waals surface area (Å²) in [5.74, 6) is -1.27. The number of alkyl halides is 3. The van der Waals surface area contributed by atoms with Gasteiger partial charge in [-0.2, -0.15) is 13.2 Å². The van der Waals surface area contributed by atoms with Crippen molar-refractivity contribution in [1.29, 1.82) is 0 Å². The first-order valence-corrected chi connectivity index (χ1v) is 9.65. The van der Waals surface area contributed by atoms with Gasteiger partial charge in [-0.3, -0.25) is 5.32 Å². The third kappa shape index (κ3) is 4.76. The Morgan fingerprint density at radius 3 is 2.38 bits per heavy atom. The maximum absolute atomic E-state index is 13.1. The van der Waals surface area contributed by atoms with Crippen molar-refractivity contribution < 1.29 is 22.4 Å². The number of pyridine rings is 1. The smallest absolute Gasteiger partial charge is 0.396 e. The van der Waals surface area contributed by atoms with Gasteiger partial charge in [0.2, 0.25) is 5.82 Å². The Balaban J connectivity index is 1.34. The zero-order valence-corrected chi connectivity index (χ0v) is 16.6. The summed E-state index contributed by atoms with van der Waals surface area (Å²) >= 11 is 0. The summed E-state index contributed by atoms with van der Waals surface area (Å²) in [6, 6.07) is 8.66. The van der Waals surface area contributed by atoms with Gasteiger partial charge in [0.15, 0.2) is 5.82 Å². The summed E-state index contributed by atoms with van der Waals surface area (Å²) in [5, 5.41) is 2.67. The number of carbonyl (C=O) groups is 1. The Morgan fingerprint density at radius 2 is 1.75 bits per heavy atom. The van der Waals surface area contributed by atoms with E-state index < -0.39 is 12.0 Å². The molecular formula is C21H18F4N6O. The normalized spacial score (nSPS) is 14.2. The van der Waals surface area contributed by atoms with Gasteiger partial charge in [0.05, 0.1) is 11.4 Å². The number of benzene rings is 1. The number of nitrogens with two attached hydrogens (primary N) is 1. The van der Waals surface area contributed by atoms with Crippen molar-refractivity contribution in [1.82, 2.24) is 19.9 Å². The van der Waals surface area contributed by atoms with Gasteiger partial charge in [-0.1, -0.05) is 0 Å². The number of likely N-dealkylation sites (tertiary alicyclic amines) is 1. The molecule has 1 saturated heterocycles. The summed E-state index contributed by atoms with van der Waals surface area (Å²) in [6.45, 7) is 0.842. The first-order chi connectivity index (χ1) is 15.2. The van der Waals surface area contributed by atoms with Gasteiger partial charge in [-0.15, -0.1) is 0 Å². The number of hydrogen-bond donors (Lipinski definition) is 2. The van der Waals surface area contributed by atoms with Crippen LogP contribution in [0.15, 0.2) is 48.8 Å². The first-order valence-electron chi connectivity index (χ1n) is 9.65. The predicted octanol–water partition coefficient (Wildman–Crippen LogP) is 3.99. The second-order valence-corrected chi connectivity index (χ2v) is 7.46. The lowest BCUT2D eigenvalue weighted by atomic mass is 9.94. The van der Waals surface area contributed by atoms with Crippen molar-refractivity contribution >= 4 is 17.5 Å². The molecule has 0 aliphatic carbocycles. The zero-order valence-electron chi connectivity index (χ0n) is 16.6. The number of nitrogens with zero attached hydrogens (tertiary/aromatic N) is 4. The number of nitrogen functional groups attached to an aromatic ring is 1. The van der Waals surface area contributed by atoms with E-state index in [1.807, 2.05) is 0 Å². The zero-order chi connectivity index (χ0) is 22.9. The van der Waals surface area contributed by atoms with Crippen molar-refractivity contribution in [2.45, 2.75) is 12.6 Å². The molecule has 0 unspecified atom stereocenters. The lowest BCUT2D eigenvalue weighted by Crippen LogP contribution is -2.52. The molecule has 1 aliphatic heterocycles. The maximum atomic E-state index is 13.1. The quantitative estimate of drug-likeness (QED) is 0.591. The standard InChI is InChI=1S/C21H18F4N6O/c22-15-3-1-14(2-4-15)17-6-5-16(26)18(29-17)30-20(32)31-10-13(11-31)7-12-8-27-19(28-9-12)21(23,24)25/h1-6,8-9,13H,7,10-11,26H2,(H,29,30,32). The van der Waals surface area contributed by atoms with Gasteiger partial charge in [0.1, 0.15) is 5.82 Å². The predicted molar refractivity (Wildman–Crippen MR) is 109 cm³/mol. The number of amides is 2. The molecule has 11 heteroatoms. The largest absolute Gasteiger partial charge is 0.451 e. The fourth-order valence-corrected chi connectivity index (χ4v) is 3.34. The molecule has 166 valence electrons. The molecule has 1 fully saturated rings. The van der Waals surface area contributed by atoms with Crippen molar-refractivity contribution in [3.63, 3.8) is 0 Å². The van der Waals surface area contributed by atoms with E-state index in [1.165, 1.54) is 12.1 Å². The topological polar surface area (TPSA) is 97.0 Å². The first kappa shape index (κ1) is 21.5. The van der Waals surface area contributed by atoms with E-state index in [1.54, 1.807) is 29.2 Å². The minimum Gasteiger partial charge on any atom is -0.396 e. The Morgan fingerprint density at radius 1 is 1.09 bits per heavy atom. The minimum atomic E-state index is -4.58. The molecule has 2 amide bonds. The van der Waals surface area contributed by atoms with E-state index in [2.05, 4.69) is 20.3 Å². The molecule has 0 bridgehead atoms. The number of hydrogen-bond acceptors (Lipinski definition) is 5. The number of nitrogens with one attached hydrogen (secondary N) is 1. The van der Waals surface area contributed by atoms with Crippen LogP contribution in [0, 0.1) is 11.7 Å². The van der Waals surface area contributed by atoms with Gasteiger partial charge in [0.25, 0.3) is 0 Å². The molecular weight excluding hydrogens is 428 g/mol. The number of carbonyl (C=O) groups excluding carboxylic acids is 1. The highest BCUT2D eigenvalue weighted by atomic mass is 19.4. The average Bonchev–Trinajstić information content (AvgIpc) is 2.72. The van der Waals surface area contributed by atoms with Crippen LogP contribution in [-0.4, -0.2) is 39.0 Å². The third-order valence-corrected chi connectivity index (χ3v) is 5.02. The van der Waals surface area contributed by atoms with Crippen LogP contribution in [0.2, 0.25) is 0 Å². The van der Waals surface area contributed by atoms with Gasteiger partial charge in [-0.05, 0) is 54.3 Å². The Kier molecular flexibility index (Phi) is 5.64. The highest BCUT2D eigenvalue weighted by Gasteiger charge is 2.35. The van der Waals surface area contributed by atoms with E-state index in [4.69, 9.17) is 5.73 Å².